The smallest absolute Gasteiger partial charge is 0.338 e. The molecule has 6 nitrogen and oxygen atoms in total. The normalized spacial score (nSPS) is 11.2. The second-order valence-electron chi connectivity index (χ2n) is 5.57. The Balaban J connectivity index is 2.32. The lowest BCUT2D eigenvalue weighted by Crippen LogP contribution is -2.01. The molecule has 3 aromatic rings. The van der Waals surface area contributed by atoms with Crippen LogP contribution in [0.3, 0.4) is 0 Å². The first kappa shape index (κ1) is 16.0. The molecule has 1 aromatic carbocycles. The number of fused-ring (bicyclic) bond motifs is 1. The Labute approximate surface area is 138 Å². The Morgan fingerprint density at radius 2 is 2.17 bits per heavy atom. The summed E-state index contributed by atoms with van der Waals surface area (Å²) in [6.07, 6.45) is 4.40. The van der Waals surface area contributed by atoms with Crippen molar-refractivity contribution in [3.63, 3.8) is 0 Å². The maximum absolute atomic E-state index is 14.2. The van der Waals surface area contributed by atoms with Gasteiger partial charge in [0.1, 0.15) is 0 Å². The van der Waals surface area contributed by atoms with E-state index in [0.29, 0.717) is 22.3 Å². The molecule has 2 aromatic heterocycles. The molecule has 0 saturated carbocycles. The SMILES string of the molecule is CCCn1cc(-n2c(C)c(C(=O)O)c3cc(OC)c(F)cc32)cn1. The second-order valence-corrected chi connectivity index (χ2v) is 5.57. The molecular formula is C17H18FN3O3. The lowest BCUT2D eigenvalue weighted by atomic mass is 10.1. The van der Waals surface area contributed by atoms with Gasteiger partial charge in [-0.2, -0.15) is 5.10 Å². The van der Waals surface area contributed by atoms with E-state index in [-0.39, 0.29) is 11.3 Å². The summed E-state index contributed by atoms with van der Waals surface area (Å²) in [5.41, 5.74) is 1.81. The van der Waals surface area contributed by atoms with Crippen LogP contribution in [0, 0.1) is 12.7 Å². The molecule has 7 heteroatoms. The van der Waals surface area contributed by atoms with Crippen LogP contribution in [0.15, 0.2) is 24.5 Å². The Hall–Kier alpha value is -2.83. The van der Waals surface area contributed by atoms with Gasteiger partial charge >= 0.3 is 5.97 Å². The Morgan fingerprint density at radius 3 is 2.79 bits per heavy atom. The summed E-state index contributed by atoms with van der Waals surface area (Å²) in [5.74, 6) is -1.59. The number of aromatic nitrogens is 3. The van der Waals surface area contributed by atoms with E-state index < -0.39 is 11.8 Å². The standard InChI is InChI=1S/C17H18FN3O3/c1-4-5-20-9-11(8-19-20)21-10(2)16(17(22)23)12-6-15(24-3)13(18)7-14(12)21/h6-9H,4-5H2,1-3H3,(H,22,23). The molecule has 0 amide bonds. The zero-order valence-electron chi connectivity index (χ0n) is 13.7. The van der Waals surface area contributed by atoms with Crippen molar-refractivity contribution >= 4 is 16.9 Å². The van der Waals surface area contributed by atoms with Gasteiger partial charge in [-0.3, -0.25) is 4.68 Å². The van der Waals surface area contributed by atoms with Gasteiger partial charge < -0.3 is 14.4 Å². The zero-order chi connectivity index (χ0) is 17.4. The maximum atomic E-state index is 14.2. The number of carbonyl (C=O) groups is 1. The number of rotatable bonds is 5. The van der Waals surface area contributed by atoms with Crippen molar-refractivity contribution in [2.75, 3.05) is 7.11 Å². The first-order valence-electron chi connectivity index (χ1n) is 7.62. The average Bonchev–Trinajstić information content (AvgIpc) is 3.08. The topological polar surface area (TPSA) is 69.3 Å². The third-order valence-corrected chi connectivity index (χ3v) is 4.02. The summed E-state index contributed by atoms with van der Waals surface area (Å²) in [6, 6.07) is 2.72. The van der Waals surface area contributed by atoms with Gasteiger partial charge in [0.05, 0.1) is 30.1 Å². The molecular weight excluding hydrogens is 313 g/mol. The minimum atomic E-state index is -1.06. The molecule has 0 unspecified atom stereocenters. The van der Waals surface area contributed by atoms with Crippen molar-refractivity contribution in [2.45, 2.75) is 26.8 Å². The summed E-state index contributed by atoms with van der Waals surface area (Å²) < 4.78 is 22.6. The highest BCUT2D eigenvalue weighted by Crippen LogP contribution is 2.33. The predicted octanol–water partition coefficient (Wildman–Crippen LogP) is 3.39. The lowest BCUT2D eigenvalue weighted by molar-refractivity contribution is 0.0698. The largest absolute Gasteiger partial charge is 0.494 e. The van der Waals surface area contributed by atoms with Crippen molar-refractivity contribution in [3.8, 4) is 11.4 Å². The number of methoxy groups -OCH3 is 1. The highest BCUT2D eigenvalue weighted by Gasteiger charge is 2.23. The number of nitrogens with zero attached hydrogens (tertiary/aromatic N) is 3. The summed E-state index contributed by atoms with van der Waals surface area (Å²) in [5, 5.41) is 14.3. The van der Waals surface area contributed by atoms with E-state index in [9.17, 15) is 14.3 Å². The monoisotopic (exact) mass is 331 g/mol. The van der Waals surface area contributed by atoms with Crippen LogP contribution in [0.2, 0.25) is 0 Å². The van der Waals surface area contributed by atoms with E-state index in [1.54, 1.807) is 22.4 Å². The fourth-order valence-electron chi connectivity index (χ4n) is 2.99. The lowest BCUT2D eigenvalue weighted by Gasteiger charge is -2.06. The molecule has 0 saturated heterocycles. The Morgan fingerprint density at radius 1 is 1.42 bits per heavy atom. The van der Waals surface area contributed by atoms with E-state index in [2.05, 4.69) is 5.10 Å². The molecule has 3 rings (SSSR count). The van der Waals surface area contributed by atoms with Crippen LogP contribution in [0.25, 0.3) is 16.6 Å². The van der Waals surface area contributed by atoms with Gasteiger partial charge in [0, 0.05) is 29.9 Å². The maximum Gasteiger partial charge on any atom is 0.338 e. The number of carboxylic acids is 1. The molecule has 0 fully saturated rings. The molecule has 0 atom stereocenters. The molecule has 0 spiro atoms. The molecule has 0 aliphatic rings. The van der Waals surface area contributed by atoms with Crippen molar-refractivity contribution in [2.24, 2.45) is 0 Å². The quantitative estimate of drug-likeness (QED) is 0.778. The van der Waals surface area contributed by atoms with Gasteiger partial charge in [0.2, 0.25) is 0 Å². The van der Waals surface area contributed by atoms with Crippen LogP contribution in [0.5, 0.6) is 5.75 Å². The summed E-state index contributed by atoms with van der Waals surface area (Å²) in [6.45, 7) is 4.50. The minimum absolute atomic E-state index is 0.0174. The molecule has 24 heavy (non-hydrogen) atoms. The predicted molar refractivity (Wildman–Crippen MR) is 87.6 cm³/mol. The van der Waals surface area contributed by atoms with Gasteiger partial charge in [-0.1, -0.05) is 6.92 Å². The number of carboxylic acid groups (broad SMARTS) is 1. The molecule has 0 aliphatic heterocycles. The zero-order valence-corrected chi connectivity index (χ0v) is 13.7. The van der Waals surface area contributed by atoms with E-state index in [0.717, 1.165) is 13.0 Å². The second kappa shape index (κ2) is 5.99. The minimum Gasteiger partial charge on any atom is -0.494 e. The van der Waals surface area contributed by atoms with Crippen LogP contribution in [0.1, 0.15) is 29.4 Å². The molecule has 1 N–H and O–H groups in total. The molecule has 0 radical (unpaired) electrons. The number of aryl methyl sites for hydroxylation is 1. The van der Waals surface area contributed by atoms with Crippen molar-refractivity contribution in [1.29, 1.82) is 0 Å². The molecule has 0 bridgehead atoms. The Kier molecular flexibility index (Phi) is 4.01. The third-order valence-electron chi connectivity index (χ3n) is 4.02. The highest BCUT2D eigenvalue weighted by atomic mass is 19.1. The number of halogens is 1. The number of aromatic carboxylic acids is 1. The summed E-state index contributed by atoms with van der Waals surface area (Å²) >= 11 is 0. The molecule has 0 aliphatic carbocycles. The van der Waals surface area contributed by atoms with Gasteiger partial charge in [-0.05, 0) is 19.4 Å². The van der Waals surface area contributed by atoms with E-state index in [1.807, 2.05) is 13.1 Å². The van der Waals surface area contributed by atoms with Crippen LogP contribution < -0.4 is 4.74 Å². The van der Waals surface area contributed by atoms with Crippen LogP contribution >= 0.6 is 0 Å². The Bertz CT molecular complexity index is 927. The van der Waals surface area contributed by atoms with Gasteiger partial charge in [-0.25, -0.2) is 9.18 Å². The van der Waals surface area contributed by atoms with E-state index in [4.69, 9.17) is 4.74 Å². The van der Waals surface area contributed by atoms with E-state index in [1.165, 1.54) is 19.2 Å². The first-order chi connectivity index (χ1) is 11.5. The molecule has 2 heterocycles. The van der Waals surface area contributed by atoms with Crippen molar-refractivity contribution < 1.29 is 19.0 Å². The highest BCUT2D eigenvalue weighted by molar-refractivity contribution is 6.06. The average molecular weight is 331 g/mol. The van der Waals surface area contributed by atoms with E-state index >= 15 is 0 Å². The number of benzene rings is 1. The van der Waals surface area contributed by atoms with Crippen LogP contribution in [0.4, 0.5) is 4.39 Å². The van der Waals surface area contributed by atoms with Crippen LogP contribution in [-0.2, 0) is 6.54 Å². The van der Waals surface area contributed by atoms with Gasteiger partial charge in [-0.15, -0.1) is 0 Å². The van der Waals surface area contributed by atoms with Crippen molar-refractivity contribution in [3.05, 3.63) is 41.6 Å². The van der Waals surface area contributed by atoms with Crippen molar-refractivity contribution in [1.82, 2.24) is 14.3 Å². The molecule has 126 valence electrons. The first-order valence-corrected chi connectivity index (χ1v) is 7.62. The van der Waals surface area contributed by atoms with Gasteiger partial charge in [0.15, 0.2) is 11.6 Å². The fourth-order valence-corrected chi connectivity index (χ4v) is 2.99. The van der Waals surface area contributed by atoms with Crippen LogP contribution in [-0.4, -0.2) is 32.5 Å². The fraction of sp³-hybridized carbons (Fsp3) is 0.294. The third kappa shape index (κ3) is 2.42. The number of hydrogen-bond donors (Lipinski definition) is 1. The summed E-state index contributed by atoms with van der Waals surface area (Å²) in [4.78, 5) is 11.7. The summed E-state index contributed by atoms with van der Waals surface area (Å²) in [7, 11) is 1.35. The number of hydrogen-bond acceptors (Lipinski definition) is 3. The number of ether oxygens (including phenoxy) is 1. The van der Waals surface area contributed by atoms with Gasteiger partial charge in [0.25, 0.3) is 0 Å².